The van der Waals surface area contributed by atoms with Crippen LogP contribution in [0.15, 0.2) is 60.9 Å². The fourth-order valence-corrected chi connectivity index (χ4v) is 3.12. The van der Waals surface area contributed by atoms with E-state index in [0.29, 0.717) is 11.6 Å². The van der Waals surface area contributed by atoms with Crippen molar-refractivity contribution in [1.29, 1.82) is 0 Å². The number of aromatic nitrogens is 2. The van der Waals surface area contributed by atoms with Crippen LogP contribution in [0.1, 0.15) is 11.1 Å². The van der Waals surface area contributed by atoms with E-state index in [2.05, 4.69) is 21.4 Å². The first-order valence-electron chi connectivity index (χ1n) is 8.13. The van der Waals surface area contributed by atoms with Crippen molar-refractivity contribution in [2.45, 2.75) is 12.6 Å². The standard InChI is InChI=1S/C19H15F3N4/c20-19(21,22)14-6-2-3-7-15(14)25-17-11-18(24-12-23-17)26-10-9-13-5-1-4-8-16(13)26/h1-8,11-12H,9-10H2,(H,23,24,25). The molecule has 0 radical (unpaired) electrons. The summed E-state index contributed by atoms with van der Waals surface area (Å²) in [5.74, 6) is 0.966. The van der Waals surface area contributed by atoms with Gasteiger partial charge in [-0.2, -0.15) is 13.2 Å². The predicted octanol–water partition coefficient (Wildman–Crippen LogP) is 4.93. The summed E-state index contributed by atoms with van der Waals surface area (Å²) in [7, 11) is 0. The predicted molar refractivity (Wildman–Crippen MR) is 93.9 cm³/mol. The van der Waals surface area contributed by atoms with E-state index in [1.54, 1.807) is 12.1 Å². The highest BCUT2D eigenvalue weighted by Crippen LogP contribution is 2.37. The summed E-state index contributed by atoms with van der Waals surface area (Å²) in [6, 6.07) is 15.0. The number of benzene rings is 2. The Morgan fingerprint density at radius 3 is 2.58 bits per heavy atom. The van der Waals surface area contributed by atoms with E-state index < -0.39 is 11.7 Å². The van der Waals surface area contributed by atoms with Gasteiger partial charge in [-0.15, -0.1) is 0 Å². The SMILES string of the molecule is FC(F)(F)c1ccccc1Nc1cc(N2CCc3ccccc32)ncn1. The van der Waals surface area contributed by atoms with Crippen molar-refractivity contribution in [2.75, 3.05) is 16.8 Å². The van der Waals surface area contributed by atoms with Crippen molar-refractivity contribution in [2.24, 2.45) is 0 Å². The van der Waals surface area contributed by atoms with Gasteiger partial charge in [-0.25, -0.2) is 9.97 Å². The topological polar surface area (TPSA) is 41.0 Å². The van der Waals surface area contributed by atoms with Crippen LogP contribution in [0, 0.1) is 0 Å². The Hall–Kier alpha value is -3.09. The number of anilines is 4. The lowest BCUT2D eigenvalue weighted by molar-refractivity contribution is -0.136. The van der Waals surface area contributed by atoms with Crippen LogP contribution in [0.25, 0.3) is 0 Å². The summed E-state index contributed by atoms with van der Waals surface area (Å²) in [5.41, 5.74) is 1.52. The first-order valence-corrected chi connectivity index (χ1v) is 8.13. The Kier molecular flexibility index (Phi) is 3.99. The Bertz CT molecular complexity index is 940. The van der Waals surface area contributed by atoms with Gasteiger partial charge in [0, 0.05) is 18.3 Å². The molecule has 1 N–H and O–H groups in total. The van der Waals surface area contributed by atoms with Gasteiger partial charge in [0.2, 0.25) is 0 Å². The van der Waals surface area contributed by atoms with Gasteiger partial charge in [0.1, 0.15) is 18.0 Å². The van der Waals surface area contributed by atoms with Crippen LogP contribution in [0.3, 0.4) is 0 Å². The average Bonchev–Trinajstić information content (AvgIpc) is 3.06. The van der Waals surface area contributed by atoms with Gasteiger partial charge in [-0.1, -0.05) is 30.3 Å². The summed E-state index contributed by atoms with van der Waals surface area (Å²) >= 11 is 0. The summed E-state index contributed by atoms with van der Waals surface area (Å²) in [6.45, 7) is 0.773. The normalized spacial score (nSPS) is 13.6. The zero-order valence-corrected chi connectivity index (χ0v) is 13.7. The van der Waals surface area contributed by atoms with Crippen LogP contribution in [0.5, 0.6) is 0 Å². The van der Waals surface area contributed by atoms with Gasteiger partial charge < -0.3 is 10.2 Å². The molecule has 0 amide bonds. The number of hydrogen-bond acceptors (Lipinski definition) is 4. The van der Waals surface area contributed by atoms with Crippen LogP contribution >= 0.6 is 0 Å². The van der Waals surface area contributed by atoms with Crippen molar-refractivity contribution in [3.63, 3.8) is 0 Å². The molecule has 2 heterocycles. The fraction of sp³-hybridized carbons (Fsp3) is 0.158. The molecule has 4 rings (SSSR count). The minimum Gasteiger partial charge on any atom is -0.340 e. The molecule has 3 aromatic rings. The summed E-state index contributed by atoms with van der Waals surface area (Å²) in [5, 5.41) is 2.77. The maximum atomic E-state index is 13.2. The number of fused-ring (bicyclic) bond motifs is 1. The summed E-state index contributed by atoms with van der Waals surface area (Å²) in [4.78, 5) is 10.4. The molecule has 26 heavy (non-hydrogen) atoms. The van der Waals surface area contributed by atoms with E-state index in [4.69, 9.17) is 0 Å². The third-order valence-corrected chi connectivity index (χ3v) is 4.31. The van der Waals surface area contributed by atoms with Crippen molar-refractivity contribution in [1.82, 2.24) is 9.97 Å². The molecule has 2 aromatic carbocycles. The number of hydrogen-bond donors (Lipinski definition) is 1. The second kappa shape index (κ2) is 6.33. The Balaban J connectivity index is 1.64. The minimum atomic E-state index is -4.44. The lowest BCUT2D eigenvalue weighted by atomic mass is 10.1. The van der Waals surface area contributed by atoms with Crippen LogP contribution < -0.4 is 10.2 Å². The van der Waals surface area contributed by atoms with Gasteiger partial charge in [0.05, 0.1) is 11.3 Å². The second-order valence-electron chi connectivity index (χ2n) is 5.96. The molecule has 1 aromatic heterocycles. The number of para-hydroxylation sites is 2. The van der Waals surface area contributed by atoms with E-state index in [9.17, 15) is 13.2 Å². The molecule has 0 bridgehead atoms. The molecule has 0 atom stereocenters. The van der Waals surface area contributed by atoms with Crippen LogP contribution in [0.2, 0.25) is 0 Å². The van der Waals surface area contributed by atoms with Gasteiger partial charge in [-0.05, 0) is 30.2 Å². The average molecular weight is 356 g/mol. The largest absolute Gasteiger partial charge is 0.418 e. The first kappa shape index (κ1) is 16.4. The van der Waals surface area contributed by atoms with E-state index in [0.717, 1.165) is 24.7 Å². The van der Waals surface area contributed by atoms with E-state index >= 15 is 0 Å². The number of halogens is 3. The Morgan fingerprint density at radius 1 is 0.962 bits per heavy atom. The summed E-state index contributed by atoms with van der Waals surface area (Å²) < 4.78 is 39.5. The number of nitrogens with zero attached hydrogens (tertiary/aromatic N) is 3. The number of nitrogens with one attached hydrogen (secondary N) is 1. The molecule has 0 fully saturated rings. The maximum Gasteiger partial charge on any atom is 0.418 e. The van der Waals surface area contributed by atoms with Gasteiger partial charge in [-0.3, -0.25) is 0 Å². The fourth-order valence-electron chi connectivity index (χ4n) is 3.12. The lowest BCUT2D eigenvalue weighted by Gasteiger charge is -2.19. The monoisotopic (exact) mass is 356 g/mol. The van der Waals surface area contributed by atoms with Crippen molar-refractivity contribution in [3.8, 4) is 0 Å². The number of rotatable bonds is 3. The molecule has 0 unspecified atom stereocenters. The first-order chi connectivity index (χ1) is 12.5. The second-order valence-corrected chi connectivity index (χ2v) is 5.96. The molecule has 1 aliphatic rings. The van der Waals surface area contributed by atoms with Crippen LogP contribution in [0.4, 0.5) is 36.2 Å². The third-order valence-electron chi connectivity index (χ3n) is 4.31. The molecule has 132 valence electrons. The maximum absolute atomic E-state index is 13.2. The summed E-state index contributed by atoms with van der Waals surface area (Å²) in [6.07, 6.45) is -2.18. The Labute approximate surface area is 148 Å². The molecule has 0 saturated heterocycles. The molecule has 1 aliphatic heterocycles. The van der Waals surface area contributed by atoms with E-state index in [-0.39, 0.29) is 5.69 Å². The van der Waals surface area contributed by atoms with Gasteiger partial charge in [0.15, 0.2) is 0 Å². The molecular weight excluding hydrogens is 341 g/mol. The quantitative estimate of drug-likeness (QED) is 0.722. The smallest absolute Gasteiger partial charge is 0.340 e. The molecule has 7 heteroatoms. The van der Waals surface area contributed by atoms with Gasteiger partial charge >= 0.3 is 6.18 Å². The zero-order valence-electron chi connectivity index (χ0n) is 13.7. The molecule has 4 nitrogen and oxygen atoms in total. The van der Waals surface area contributed by atoms with E-state index in [1.807, 2.05) is 23.1 Å². The highest BCUT2D eigenvalue weighted by atomic mass is 19.4. The molecular formula is C19H15F3N4. The van der Waals surface area contributed by atoms with Crippen molar-refractivity contribution < 1.29 is 13.2 Å². The van der Waals surface area contributed by atoms with Crippen molar-refractivity contribution >= 4 is 23.0 Å². The van der Waals surface area contributed by atoms with Gasteiger partial charge in [0.25, 0.3) is 0 Å². The van der Waals surface area contributed by atoms with Crippen LogP contribution in [-0.4, -0.2) is 16.5 Å². The number of alkyl halides is 3. The van der Waals surface area contributed by atoms with Crippen LogP contribution in [-0.2, 0) is 12.6 Å². The van der Waals surface area contributed by atoms with Crippen molar-refractivity contribution in [3.05, 3.63) is 72.1 Å². The minimum absolute atomic E-state index is 0.0357. The Morgan fingerprint density at radius 2 is 1.73 bits per heavy atom. The lowest BCUT2D eigenvalue weighted by Crippen LogP contribution is -2.15. The third kappa shape index (κ3) is 3.08. The molecule has 0 saturated carbocycles. The molecule has 0 spiro atoms. The zero-order chi connectivity index (χ0) is 18.1. The highest BCUT2D eigenvalue weighted by Gasteiger charge is 2.33. The molecule has 0 aliphatic carbocycles. The highest BCUT2D eigenvalue weighted by molar-refractivity contribution is 5.70. The van der Waals surface area contributed by atoms with E-state index in [1.165, 1.54) is 24.0 Å².